The van der Waals surface area contributed by atoms with Crippen molar-refractivity contribution in [2.75, 3.05) is 17.7 Å². The average molecular weight is 369 g/mol. The standard InChI is InChI=1S/C20H21ClN4O/c1-12-5-7-15(8-6-12)23-20-22-14(3)10-19(25-20)24-17-9-13(2)16(21)11-18(17)26-4/h5-11H,1-4H3,(H2,22,23,24,25). The first kappa shape index (κ1) is 18.0. The Kier molecular flexibility index (Phi) is 5.28. The van der Waals surface area contributed by atoms with Crippen LogP contribution in [0.1, 0.15) is 16.8 Å². The van der Waals surface area contributed by atoms with Crippen molar-refractivity contribution < 1.29 is 4.74 Å². The summed E-state index contributed by atoms with van der Waals surface area (Å²) in [6.45, 7) is 5.93. The molecule has 0 amide bonds. The molecule has 0 aliphatic heterocycles. The zero-order valence-corrected chi connectivity index (χ0v) is 16.0. The molecule has 0 fully saturated rings. The Hall–Kier alpha value is -2.79. The molecular weight excluding hydrogens is 348 g/mol. The van der Waals surface area contributed by atoms with Crippen LogP contribution in [0.4, 0.5) is 23.1 Å². The fourth-order valence-electron chi connectivity index (χ4n) is 2.52. The van der Waals surface area contributed by atoms with Gasteiger partial charge in [-0.2, -0.15) is 4.98 Å². The van der Waals surface area contributed by atoms with Crippen molar-refractivity contribution >= 4 is 34.7 Å². The zero-order chi connectivity index (χ0) is 18.7. The van der Waals surface area contributed by atoms with E-state index in [9.17, 15) is 0 Å². The summed E-state index contributed by atoms with van der Waals surface area (Å²) in [5, 5.41) is 7.19. The van der Waals surface area contributed by atoms with Gasteiger partial charge in [0.15, 0.2) is 0 Å². The van der Waals surface area contributed by atoms with Crippen molar-refractivity contribution in [2.45, 2.75) is 20.8 Å². The Balaban J connectivity index is 1.88. The lowest BCUT2D eigenvalue weighted by atomic mass is 10.2. The van der Waals surface area contributed by atoms with E-state index in [2.05, 4.69) is 27.5 Å². The highest BCUT2D eigenvalue weighted by atomic mass is 35.5. The number of halogens is 1. The summed E-state index contributed by atoms with van der Waals surface area (Å²) in [7, 11) is 1.61. The molecule has 2 aromatic carbocycles. The summed E-state index contributed by atoms with van der Waals surface area (Å²) in [5.41, 5.74) is 4.75. The molecule has 0 atom stereocenters. The Morgan fingerprint density at radius 1 is 0.923 bits per heavy atom. The zero-order valence-electron chi connectivity index (χ0n) is 15.2. The molecule has 2 N–H and O–H groups in total. The first-order valence-corrected chi connectivity index (χ1v) is 8.63. The van der Waals surface area contributed by atoms with Crippen molar-refractivity contribution in [3.63, 3.8) is 0 Å². The van der Waals surface area contributed by atoms with Gasteiger partial charge in [-0.05, 0) is 44.5 Å². The van der Waals surface area contributed by atoms with E-state index in [4.69, 9.17) is 16.3 Å². The van der Waals surface area contributed by atoms with Crippen LogP contribution < -0.4 is 15.4 Å². The van der Waals surface area contributed by atoms with Crippen LogP contribution in [0, 0.1) is 20.8 Å². The number of hydrogen-bond donors (Lipinski definition) is 2. The number of ether oxygens (including phenoxy) is 1. The van der Waals surface area contributed by atoms with Crippen LogP contribution in [0.3, 0.4) is 0 Å². The Morgan fingerprint density at radius 2 is 1.65 bits per heavy atom. The van der Waals surface area contributed by atoms with Crippen LogP contribution in [-0.4, -0.2) is 17.1 Å². The van der Waals surface area contributed by atoms with Gasteiger partial charge in [0.2, 0.25) is 5.95 Å². The van der Waals surface area contributed by atoms with E-state index in [1.807, 2.05) is 50.2 Å². The average Bonchev–Trinajstić information content (AvgIpc) is 2.59. The second-order valence-corrected chi connectivity index (χ2v) is 6.54. The van der Waals surface area contributed by atoms with Crippen molar-refractivity contribution in [3.8, 4) is 5.75 Å². The highest BCUT2D eigenvalue weighted by Crippen LogP contribution is 2.33. The summed E-state index contributed by atoms with van der Waals surface area (Å²) in [6.07, 6.45) is 0. The second-order valence-electron chi connectivity index (χ2n) is 6.14. The number of rotatable bonds is 5. The Labute approximate surface area is 158 Å². The van der Waals surface area contributed by atoms with Crippen LogP contribution in [0.15, 0.2) is 42.5 Å². The molecule has 6 heteroatoms. The number of methoxy groups -OCH3 is 1. The molecule has 0 aliphatic rings. The maximum absolute atomic E-state index is 6.18. The number of anilines is 4. The third-order valence-electron chi connectivity index (χ3n) is 3.91. The van der Waals surface area contributed by atoms with Crippen LogP contribution in [0.25, 0.3) is 0 Å². The molecule has 3 aromatic rings. The second kappa shape index (κ2) is 7.62. The van der Waals surface area contributed by atoms with Gasteiger partial charge < -0.3 is 15.4 Å². The maximum atomic E-state index is 6.18. The van der Waals surface area contributed by atoms with Crippen LogP contribution in [0.5, 0.6) is 5.75 Å². The van der Waals surface area contributed by atoms with Crippen LogP contribution in [0.2, 0.25) is 5.02 Å². The molecule has 26 heavy (non-hydrogen) atoms. The predicted molar refractivity (Wildman–Crippen MR) is 107 cm³/mol. The van der Waals surface area contributed by atoms with Crippen molar-refractivity contribution in [1.29, 1.82) is 0 Å². The number of nitrogens with one attached hydrogen (secondary N) is 2. The van der Waals surface area contributed by atoms with Crippen LogP contribution in [-0.2, 0) is 0 Å². The van der Waals surface area contributed by atoms with E-state index in [1.165, 1.54) is 5.56 Å². The number of aryl methyl sites for hydroxylation is 3. The van der Waals surface area contributed by atoms with Gasteiger partial charge in [-0.1, -0.05) is 29.3 Å². The quantitative estimate of drug-likeness (QED) is 0.618. The fourth-order valence-corrected chi connectivity index (χ4v) is 2.68. The molecule has 0 radical (unpaired) electrons. The van der Waals surface area contributed by atoms with Gasteiger partial charge in [0, 0.05) is 28.5 Å². The molecular formula is C20H21ClN4O. The minimum Gasteiger partial charge on any atom is -0.495 e. The van der Waals surface area contributed by atoms with E-state index in [0.29, 0.717) is 22.5 Å². The summed E-state index contributed by atoms with van der Waals surface area (Å²) >= 11 is 6.18. The minimum absolute atomic E-state index is 0.529. The van der Waals surface area contributed by atoms with Gasteiger partial charge >= 0.3 is 0 Å². The molecule has 3 rings (SSSR count). The Morgan fingerprint density at radius 3 is 2.35 bits per heavy atom. The van der Waals surface area contributed by atoms with Gasteiger partial charge in [0.25, 0.3) is 0 Å². The van der Waals surface area contributed by atoms with E-state index in [0.717, 1.165) is 22.6 Å². The molecule has 0 spiro atoms. The third kappa shape index (κ3) is 4.24. The molecule has 134 valence electrons. The number of aromatic nitrogens is 2. The van der Waals surface area contributed by atoms with Gasteiger partial charge in [-0.3, -0.25) is 0 Å². The lowest BCUT2D eigenvalue weighted by Crippen LogP contribution is -2.03. The van der Waals surface area contributed by atoms with Crippen molar-refractivity contribution in [1.82, 2.24) is 9.97 Å². The summed E-state index contributed by atoms with van der Waals surface area (Å²) in [5.74, 6) is 1.86. The van der Waals surface area contributed by atoms with E-state index >= 15 is 0 Å². The highest BCUT2D eigenvalue weighted by molar-refractivity contribution is 6.31. The monoisotopic (exact) mass is 368 g/mol. The van der Waals surface area contributed by atoms with Gasteiger partial charge in [0.05, 0.1) is 12.8 Å². The number of hydrogen-bond acceptors (Lipinski definition) is 5. The molecule has 0 bridgehead atoms. The molecule has 0 aliphatic carbocycles. The van der Waals surface area contributed by atoms with Crippen molar-refractivity contribution in [3.05, 3.63) is 64.3 Å². The first-order chi connectivity index (χ1) is 12.4. The van der Waals surface area contributed by atoms with E-state index < -0.39 is 0 Å². The highest BCUT2D eigenvalue weighted by Gasteiger charge is 2.10. The molecule has 1 heterocycles. The topological polar surface area (TPSA) is 59.1 Å². The first-order valence-electron chi connectivity index (χ1n) is 8.25. The third-order valence-corrected chi connectivity index (χ3v) is 4.31. The smallest absolute Gasteiger partial charge is 0.229 e. The summed E-state index contributed by atoms with van der Waals surface area (Å²) in [6, 6.07) is 13.7. The van der Waals surface area contributed by atoms with Crippen molar-refractivity contribution in [2.24, 2.45) is 0 Å². The van der Waals surface area contributed by atoms with Gasteiger partial charge in [0.1, 0.15) is 11.6 Å². The van der Waals surface area contributed by atoms with E-state index in [-0.39, 0.29) is 0 Å². The minimum atomic E-state index is 0.529. The maximum Gasteiger partial charge on any atom is 0.229 e. The Bertz CT molecular complexity index is 926. The molecule has 5 nitrogen and oxygen atoms in total. The molecule has 0 saturated heterocycles. The number of benzene rings is 2. The van der Waals surface area contributed by atoms with E-state index in [1.54, 1.807) is 13.2 Å². The largest absolute Gasteiger partial charge is 0.495 e. The van der Waals surface area contributed by atoms with Gasteiger partial charge in [-0.15, -0.1) is 0 Å². The lowest BCUT2D eigenvalue weighted by Gasteiger charge is -2.14. The summed E-state index contributed by atoms with van der Waals surface area (Å²) < 4.78 is 5.41. The SMILES string of the molecule is COc1cc(Cl)c(C)cc1Nc1cc(C)nc(Nc2ccc(C)cc2)n1. The van der Waals surface area contributed by atoms with Crippen LogP contribution >= 0.6 is 11.6 Å². The lowest BCUT2D eigenvalue weighted by molar-refractivity contribution is 0.416. The molecule has 0 saturated carbocycles. The number of nitrogens with zero attached hydrogens (tertiary/aromatic N) is 2. The predicted octanol–water partition coefficient (Wildman–Crippen LogP) is 5.55. The molecule has 0 unspecified atom stereocenters. The van der Waals surface area contributed by atoms with Gasteiger partial charge in [-0.25, -0.2) is 4.98 Å². The molecule has 1 aromatic heterocycles. The summed E-state index contributed by atoms with van der Waals surface area (Å²) in [4.78, 5) is 9.01. The normalized spacial score (nSPS) is 10.5. The fraction of sp³-hybridized carbons (Fsp3) is 0.200.